The Bertz CT molecular complexity index is 337. The number of aromatic hydroxyl groups is 1. The van der Waals surface area contributed by atoms with Gasteiger partial charge in [-0.25, -0.2) is 0 Å². The molecule has 3 N–H and O–H groups in total. The fraction of sp³-hybridized carbons (Fsp3) is 0.500. The van der Waals surface area contributed by atoms with Crippen LogP contribution < -0.4 is 5.73 Å². The number of phenolic OH excluding ortho intramolecular Hbond substituents is 1. The first-order chi connectivity index (χ1) is 6.31. The van der Waals surface area contributed by atoms with Gasteiger partial charge in [-0.2, -0.15) is 0 Å². The average molecular weight is 193 g/mol. The zero-order valence-electron chi connectivity index (χ0n) is 9.39. The van der Waals surface area contributed by atoms with E-state index in [4.69, 9.17) is 5.73 Å². The molecule has 0 spiro atoms. The van der Waals surface area contributed by atoms with Gasteiger partial charge >= 0.3 is 0 Å². The summed E-state index contributed by atoms with van der Waals surface area (Å²) in [5.74, 6) is 0.353. The van der Waals surface area contributed by atoms with Crippen LogP contribution in [0.2, 0.25) is 0 Å². The van der Waals surface area contributed by atoms with Crippen LogP contribution in [0.15, 0.2) is 12.1 Å². The van der Waals surface area contributed by atoms with E-state index in [1.807, 2.05) is 33.8 Å². The summed E-state index contributed by atoms with van der Waals surface area (Å²) in [6.45, 7) is 8.00. The van der Waals surface area contributed by atoms with Crippen molar-refractivity contribution in [1.29, 1.82) is 0 Å². The van der Waals surface area contributed by atoms with E-state index in [0.29, 0.717) is 12.2 Å². The molecule has 2 nitrogen and oxygen atoms in total. The Morgan fingerprint density at radius 3 is 2.36 bits per heavy atom. The average Bonchev–Trinajstić information content (AvgIpc) is 2.04. The number of rotatable bonds is 2. The first-order valence-electron chi connectivity index (χ1n) is 4.88. The highest BCUT2D eigenvalue weighted by atomic mass is 16.3. The molecule has 2 heteroatoms. The molecule has 0 aliphatic rings. The molecule has 0 bridgehead atoms. The summed E-state index contributed by atoms with van der Waals surface area (Å²) in [6.07, 6.45) is 0.701. The van der Waals surface area contributed by atoms with Crippen LogP contribution in [0.3, 0.4) is 0 Å². The van der Waals surface area contributed by atoms with Crippen molar-refractivity contribution in [3.05, 3.63) is 28.8 Å². The summed E-state index contributed by atoms with van der Waals surface area (Å²) in [7, 11) is 0. The van der Waals surface area contributed by atoms with E-state index in [0.717, 1.165) is 11.1 Å². The molecule has 0 atom stereocenters. The summed E-state index contributed by atoms with van der Waals surface area (Å²) in [5, 5.41) is 9.72. The molecular weight excluding hydrogens is 174 g/mol. The predicted octanol–water partition coefficient (Wildman–Crippen LogP) is 2.29. The molecule has 1 aromatic rings. The van der Waals surface area contributed by atoms with Crippen LogP contribution in [0.5, 0.6) is 5.75 Å². The Hall–Kier alpha value is -1.02. The summed E-state index contributed by atoms with van der Waals surface area (Å²) < 4.78 is 0. The molecule has 0 saturated carbocycles. The van der Waals surface area contributed by atoms with Crippen molar-refractivity contribution in [1.82, 2.24) is 0 Å². The number of hydrogen-bond donors (Lipinski definition) is 2. The summed E-state index contributed by atoms with van der Waals surface area (Å²) in [6, 6.07) is 3.67. The van der Waals surface area contributed by atoms with Crippen LogP contribution in [0, 0.1) is 13.8 Å². The van der Waals surface area contributed by atoms with Crippen molar-refractivity contribution in [2.75, 3.05) is 0 Å². The number of nitrogens with two attached hydrogens (primary N) is 1. The van der Waals surface area contributed by atoms with Crippen LogP contribution in [-0.4, -0.2) is 10.6 Å². The highest BCUT2D eigenvalue weighted by Gasteiger charge is 2.16. The van der Waals surface area contributed by atoms with E-state index in [1.165, 1.54) is 5.56 Å². The number of hydrogen-bond acceptors (Lipinski definition) is 2. The van der Waals surface area contributed by atoms with Gasteiger partial charge < -0.3 is 10.8 Å². The van der Waals surface area contributed by atoms with Gasteiger partial charge in [0.15, 0.2) is 0 Å². The molecule has 0 heterocycles. The monoisotopic (exact) mass is 193 g/mol. The van der Waals surface area contributed by atoms with E-state index in [2.05, 4.69) is 0 Å². The van der Waals surface area contributed by atoms with Crippen molar-refractivity contribution in [3.8, 4) is 5.75 Å². The third-order valence-corrected chi connectivity index (χ3v) is 2.48. The second-order valence-electron chi connectivity index (χ2n) is 4.67. The lowest BCUT2D eigenvalue weighted by Crippen LogP contribution is -2.34. The van der Waals surface area contributed by atoms with Crippen molar-refractivity contribution in [2.45, 2.75) is 39.7 Å². The lowest BCUT2D eigenvalue weighted by atomic mass is 9.91. The lowest BCUT2D eigenvalue weighted by molar-refractivity contribution is 0.448. The van der Waals surface area contributed by atoms with Gasteiger partial charge in [-0.05, 0) is 56.9 Å². The first kappa shape index (κ1) is 11.1. The molecule has 78 valence electrons. The fourth-order valence-electron chi connectivity index (χ4n) is 1.54. The maximum atomic E-state index is 9.72. The van der Waals surface area contributed by atoms with Crippen LogP contribution >= 0.6 is 0 Å². The second kappa shape index (κ2) is 3.62. The van der Waals surface area contributed by atoms with Gasteiger partial charge in [0.05, 0.1) is 0 Å². The SMILES string of the molecule is Cc1ccc(O)c(CC(C)(C)N)c1C. The van der Waals surface area contributed by atoms with Gasteiger partial charge in [0.2, 0.25) is 0 Å². The Kier molecular flexibility index (Phi) is 2.86. The molecular formula is C12H19NO. The summed E-state index contributed by atoms with van der Waals surface area (Å²) in [5.41, 5.74) is 8.97. The van der Waals surface area contributed by atoms with Crippen molar-refractivity contribution in [3.63, 3.8) is 0 Å². The minimum atomic E-state index is -0.282. The van der Waals surface area contributed by atoms with Crippen LogP contribution in [-0.2, 0) is 6.42 Å². The quantitative estimate of drug-likeness (QED) is 0.757. The number of aryl methyl sites for hydroxylation is 1. The lowest BCUT2D eigenvalue weighted by Gasteiger charge is -2.21. The normalized spacial score (nSPS) is 11.8. The molecule has 0 radical (unpaired) electrons. The van der Waals surface area contributed by atoms with Crippen LogP contribution in [0.4, 0.5) is 0 Å². The third kappa shape index (κ3) is 2.48. The molecule has 0 unspecified atom stereocenters. The molecule has 0 aliphatic carbocycles. The molecule has 0 amide bonds. The molecule has 0 saturated heterocycles. The van der Waals surface area contributed by atoms with E-state index in [1.54, 1.807) is 6.07 Å². The van der Waals surface area contributed by atoms with Gasteiger partial charge in [-0.3, -0.25) is 0 Å². The first-order valence-corrected chi connectivity index (χ1v) is 4.88. The molecule has 0 aromatic heterocycles. The summed E-state index contributed by atoms with van der Waals surface area (Å²) >= 11 is 0. The van der Waals surface area contributed by atoms with Crippen LogP contribution in [0.1, 0.15) is 30.5 Å². The van der Waals surface area contributed by atoms with Gasteiger partial charge in [0.1, 0.15) is 5.75 Å². The Morgan fingerprint density at radius 1 is 1.29 bits per heavy atom. The Labute approximate surface area is 85.8 Å². The standard InChI is InChI=1S/C12H19NO/c1-8-5-6-11(14)10(9(8)2)7-12(3,4)13/h5-6,14H,7,13H2,1-4H3. The minimum Gasteiger partial charge on any atom is -0.508 e. The highest BCUT2D eigenvalue weighted by molar-refractivity contribution is 5.43. The highest BCUT2D eigenvalue weighted by Crippen LogP contribution is 2.26. The van der Waals surface area contributed by atoms with Crippen molar-refractivity contribution < 1.29 is 5.11 Å². The van der Waals surface area contributed by atoms with Gasteiger partial charge in [0, 0.05) is 5.54 Å². The van der Waals surface area contributed by atoms with E-state index in [9.17, 15) is 5.11 Å². The van der Waals surface area contributed by atoms with E-state index in [-0.39, 0.29) is 5.54 Å². The molecule has 1 rings (SSSR count). The Balaban J connectivity index is 3.13. The number of phenols is 1. The topological polar surface area (TPSA) is 46.2 Å². The van der Waals surface area contributed by atoms with Crippen molar-refractivity contribution >= 4 is 0 Å². The smallest absolute Gasteiger partial charge is 0.119 e. The minimum absolute atomic E-state index is 0.282. The molecule has 0 fully saturated rings. The number of benzene rings is 1. The largest absolute Gasteiger partial charge is 0.508 e. The maximum absolute atomic E-state index is 9.72. The predicted molar refractivity (Wildman–Crippen MR) is 59.6 cm³/mol. The van der Waals surface area contributed by atoms with Gasteiger partial charge in [-0.1, -0.05) is 6.07 Å². The third-order valence-electron chi connectivity index (χ3n) is 2.48. The maximum Gasteiger partial charge on any atom is 0.119 e. The molecule has 14 heavy (non-hydrogen) atoms. The Morgan fingerprint density at radius 2 is 1.86 bits per heavy atom. The summed E-state index contributed by atoms with van der Waals surface area (Å²) in [4.78, 5) is 0. The molecule has 0 aliphatic heterocycles. The van der Waals surface area contributed by atoms with E-state index < -0.39 is 0 Å². The zero-order chi connectivity index (χ0) is 10.9. The van der Waals surface area contributed by atoms with Crippen LogP contribution in [0.25, 0.3) is 0 Å². The van der Waals surface area contributed by atoms with E-state index >= 15 is 0 Å². The second-order valence-corrected chi connectivity index (χ2v) is 4.67. The van der Waals surface area contributed by atoms with Gasteiger partial charge in [-0.15, -0.1) is 0 Å². The molecule has 1 aromatic carbocycles. The fourth-order valence-corrected chi connectivity index (χ4v) is 1.54. The van der Waals surface area contributed by atoms with Crippen molar-refractivity contribution in [2.24, 2.45) is 5.73 Å². The zero-order valence-corrected chi connectivity index (χ0v) is 9.39. The van der Waals surface area contributed by atoms with Gasteiger partial charge in [0.25, 0.3) is 0 Å².